The van der Waals surface area contributed by atoms with Crippen LogP contribution < -0.4 is 10.6 Å². The summed E-state index contributed by atoms with van der Waals surface area (Å²) in [7, 11) is 0. The number of carbonyl (C=O) groups is 4. The van der Waals surface area contributed by atoms with Crippen LogP contribution in [0.5, 0.6) is 0 Å². The van der Waals surface area contributed by atoms with E-state index in [2.05, 4.69) is 21.7 Å². The molecule has 3 amide bonds. The van der Waals surface area contributed by atoms with Crippen molar-refractivity contribution in [3.8, 4) is 6.07 Å². The summed E-state index contributed by atoms with van der Waals surface area (Å²) in [6, 6.07) is 17.9. The molecule has 0 radical (unpaired) electrons. The number of amidine groups is 1. The van der Waals surface area contributed by atoms with Crippen LogP contribution in [-0.4, -0.2) is 76.3 Å². The first-order chi connectivity index (χ1) is 23.8. The number of aryl methyl sites for hydroxylation is 1. The van der Waals surface area contributed by atoms with Gasteiger partial charge in [0.1, 0.15) is 23.2 Å². The fourth-order valence-electron chi connectivity index (χ4n) is 6.20. The lowest BCUT2D eigenvalue weighted by Crippen LogP contribution is -2.45. The minimum atomic E-state index is -1.44. The smallest absolute Gasteiger partial charge is 0.255 e. The second-order valence-electron chi connectivity index (χ2n) is 12.3. The minimum Gasteiger partial charge on any atom is -0.461 e. The van der Waals surface area contributed by atoms with Crippen molar-refractivity contribution in [2.45, 2.75) is 45.1 Å². The number of furan rings is 1. The molecule has 2 saturated heterocycles. The summed E-state index contributed by atoms with van der Waals surface area (Å²) in [5.41, 5.74) is 2.06. The van der Waals surface area contributed by atoms with Crippen molar-refractivity contribution in [2.24, 2.45) is 10.9 Å². The zero-order chi connectivity index (χ0) is 34.3. The number of aliphatic imine (C=N–C) groups is 1. The summed E-state index contributed by atoms with van der Waals surface area (Å²) in [6.07, 6.45) is 6.79. The number of pyridine rings is 1. The van der Waals surface area contributed by atoms with E-state index >= 15 is 0 Å². The number of nitrogens with zero attached hydrogens (tertiary/aromatic N) is 5. The zero-order valence-electron chi connectivity index (χ0n) is 27.2. The molecule has 6 rings (SSSR count). The van der Waals surface area contributed by atoms with Crippen molar-refractivity contribution in [1.82, 2.24) is 14.8 Å². The maximum atomic E-state index is 14.1. The molecule has 0 aliphatic carbocycles. The molecule has 2 aliphatic heterocycles. The summed E-state index contributed by atoms with van der Waals surface area (Å²) < 4.78 is 5.71. The van der Waals surface area contributed by atoms with Crippen LogP contribution in [0.1, 0.15) is 58.6 Å². The first kappa shape index (κ1) is 33.1. The largest absolute Gasteiger partial charge is 0.461 e. The Labute approximate surface area is 283 Å². The molecule has 0 spiro atoms. The average Bonchev–Trinajstić information content (AvgIpc) is 3.75. The molecule has 2 N–H and O–H groups in total. The molecule has 4 heterocycles. The standard InChI is InChI=1S/C37H37N7O5/c1-24-18-27-20-28(12-13-32(27)49-24)40-35(42-31-11-2-3-17-44(37(31)48)23-33(45)43-15-4-5-16-43)30(21-38)34(46)25-8-6-9-26(19-25)36(47)41-29-10-7-14-39-22-29/h6-10,12-14,18-20,22,30-31H,2-5,11,15-17,23H2,1H3,(H,40,42)(H,41,47)/t30?,31-/m0/s1. The molecule has 250 valence electrons. The predicted molar refractivity (Wildman–Crippen MR) is 184 cm³/mol. The number of carbonyl (C=O) groups excluding carboxylic acids is 4. The second-order valence-corrected chi connectivity index (χ2v) is 12.3. The number of amides is 3. The monoisotopic (exact) mass is 659 g/mol. The number of nitriles is 1. The van der Waals surface area contributed by atoms with Crippen molar-refractivity contribution in [3.05, 3.63) is 89.9 Å². The summed E-state index contributed by atoms with van der Waals surface area (Å²) in [6.45, 7) is 3.62. The van der Waals surface area contributed by atoms with Crippen LogP contribution in [0.2, 0.25) is 0 Å². The maximum Gasteiger partial charge on any atom is 0.255 e. The van der Waals surface area contributed by atoms with E-state index in [-0.39, 0.29) is 35.3 Å². The number of anilines is 2. The van der Waals surface area contributed by atoms with Gasteiger partial charge in [-0.05, 0) is 87.6 Å². The third-order valence-electron chi connectivity index (χ3n) is 8.74. The Hall–Kier alpha value is -5.83. The summed E-state index contributed by atoms with van der Waals surface area (Å²) in [4.78, 5) is 66.0. The summed E-state index contributed by atoms with van der Waals surface area (Å²) in [5.74, 6) is -2.14. The van der Waals surface area contributed by atoms with Crippen LogP contribution in [0.4, 0.5) is 11.4 Å². The van der Waals surface area contributed by atoms with Gasteiger partial charge >= 0.3 is 0 Å². The second kappa shape index (κ2) is 14.9. The number of likely N-dealkylation sites (tertiary alicyclic amines) is 2. The number of hydrogen-bond donors (Lipinski definition) is 2. The van der Waals surface area contributed by atoms with Gasteiger partial charge in [0.15, 0.2) is 11.7 Å². The number of benzene rings is 2. The lowest BCUT2D eigenvalue weighted by molar-refractivity contribution is -0.140. The van der Waals surface area contributed by atoms with Crippen LogP contribution >= 0.6 is 0 Å². The molecular weight excluding hydrogens is 622 g/mol. The highest BCUT2D eigenvalue weighted by atomic mass is 16.3. The van der Waals surface area contributed by atoms with E-state index in [0.29, 0.717) is 55.9 Å². The number of ketones is 1. The summed E-state index contributed by atoms with van der Waals surface area (Å²) >= 11 is 0. The number of fused-ring (bicyclic) bond motifs is 1. The quantitative estimate of drug-likeness (QED) is 0.140. The number of aromatic nitrogens is 1. The fraction of sp³-hybridized carbons (Fsp3) is 0.324. The van der Waals surface area contributed by atoms with Crippen molar-refractivity contribution in [1.29, 1.82) is 5.26 Å². The number of nitrogens with one attached hydrogen (secondary N) is 2. The molecule has 1 unspecified atom stereocenters. The van der Waals surface area contributed by atoms with E-state index in [1.165, 1.54) is 18.3 Å². The van der Waals surface area contributed by atoms with Gasteiger partial charge in [-0.1, -0.05) is 12.1 Å². The van der Waals surface area contributed by atoms with Gasteiger partial charge < -0.3 is 24.9 Å². The highest BCUT2D eigenvalue weighted by Crippen LogP contribution is 2.25. The summed E-state index contributed by atoms with van der Waals surface area (Å²) in [5, 5.41) is 17.2. The van der Waals surface area contributed by atoms with Gasteiger partial charge in [0.25, 0.3) is 5.91 Å². The fourth-order valence-corrected chi connectivity index (χ4v) is 6.20. The van der Waals surface area contributed by atoms with Crippen molar-refractivity contribution >= 4 is 51.7 Å². The van der Waals surface area contributed by atoms with Crippen molar-refractivity contribution in [2.75, 3.05) is 36.8 Å². The Morgan fingerprint density at radius 3 is 2.55 bits per heavy atom. The molecule has 49 heavy (non-hydrogen) atoms. The highest BCUT2D eigenvalue weighted by molar-refractivity contribution is 6.19. The molecular formula is C37H37N7O5. The highest BCUT2D eigenvalue weighted by Gasteiger charge is 2.33. The molecule has 12 nitrogen and oxygen atoms in total. The zero-order valence-corrected chi connectivity index (χ0v) is 27.2. The van der Waals surface area contributed by atoms with Crippen molar-refractivity contribution in [3.63, 3.8) is 0 Å². The van der Waals surface area contributed by atoms with E-state index < -0.39 is 23.7 Å². The van der Waals surface area contributed by atoms with Gasteiger partial charge in [0.2, 0.25) is 11.8 Å². The maximum absolute atomic E-state index is 14.1. The minimum absolute atomic E-state index is 0.00310. The molecule has 12 heteroatoms. The van der Waals surface area contributed by atoms with E-state index in [1.54, 1.807) is 52.4 Å². The van der Waals surface area contributed by atoms with E-state index in [1.807, 2.05) is 19.1 Å². The van der Waals surface area contributed by atoms with Gasteiger partial charge in [-0.25, -0.2) is 0 Å². The van der Waals surface area contributed by atoms with Crippen LogP contribution in [0.3, 0.4) is 0 Å². The Morgan fingerprint density at radius 2 is 1.78 bits per heavy atom. The predicted octanol–water partition coefficient (Wildman–Crippen LogP) is 5.23. The topological polar surface area (TPSA) is 161 Å². The lowest BCUT2D eigenvalue weighted by Gasteiger charge is -2.25. The van der Waals surface area contributed by atoms with Crippen LogP contribution in [0.15, 0.2) is 82.5 Å². The first-order valence-corrected chi connectivity index (χ1v) is 16.5. The molecule has 2 aliphatic rings. The van der Waals surface area contributed by atoms with E-state index in [9.17, 15) is 24.4 Å². The third kappa shape index (κ3) is 7.84. The Morgan fingerprint density at radius 1 is 0.980 bits per heavy atom. The van der Waals surface area contributed by atoms with Gasteiger partial charge in [0, 0.05) is 48.0 Å². The third-order valence-corrected chi connectivity index (χ3v) is 8.74. The Balaban J connectivity index is 1.31. The molecule has 2 atom stereocenters. The molecule has 2 aromatic heterocycles. The van der Waals surface area contributed by atoms with Gasteiger partial charge in [-0.3, -0.25) is 29.2 Å². The molecule has 4 aromatic rings. The van der Waals surface area contributed by atoms with Crippen LogP contribution in [0, 0.1) is 24.2 Å². The van der Waals surface area contributed by atoms with Gasteiger partial charge in [-0.2, -0.15) is 5.26 Å². The van der Waals surface area contributed by atoms with Crippen molar-refractivity contribution < 1.29 is 23.6 Å². The average molecular weight is 660 g/mol. The normalized spacial score (nSPS) is 17.3. The van der Waals surface area contributed by atoms with Crippen LogP contribution in [-0.2, 0) is 9.59 Å². The first-order valence-electron chi connectivity index (χ1n) is 16.5. The Kier molecular flexibility index (Phi) is 10.1. The molecule has 0 saturated carbocycles. The lowest BCUT2D eigenvalue weighted by atomic mass is 9.95. The Bertz CT molecular complexity index is 1940. The number of hydrogen-bond acceptors (Lipinski definition) is 8. The van der Waals surface area contributed by atoms with E-state index in [0.717, 1.165) is 24.0 Å². The van der Waals surface area contributed by atoms with Gasteiger partial charge in [0.05, 0.1) is 24.5 Å². The molecule has 2 fully saturated rings. The molecule has 2 aromatic carbocycles. The number of rotatable bonds is 9. The van der Waals surface area contributed by atoms with Crippen LogP contribution in [0.25, 0.3) is 11.0 Å². The van der Waals surface area contributed by atoms with Gasteiger partial charge in [-0.15, -0.1) is 0 Å². The van der Waals surface area contributed by atoms with E-state index in [4.69, 9.17) is 9.41 Å². The number of Topliss-reactive ketones (excluding diaryl/α,β-unsaturated/α-hetero) is 1. The molecule has 0 bridgehead atoms. The SMILES string of the molecule is Cc1cc2cc(NC(=N[C@H]3CCCCN(CC(=O)N4CCCC4)C3=O)C(C#N)C(=O)c3cccc(C(=O)Nc4cccnc4)c3)ccc2o1.